The topological polar surface area (TPSA) is 66.5 Å². The van der Waals surface area contributed by atoms with Crippen LogP contribution in [0.1, 0.15) is 37.4 Å². The highest BCUT2D eigenvalue weighted by molar-refractivity contribution is 7.92. The van der Waals surface area contributed by atoms with E-state index in [0.717, 1.165) is 21.7 Å². The van der Waals surface area contributed by atoms with E-state index in [0.29, 0.717) is 17.1 Å². The molecule has 2 rings (SSSR count). The van der Waals surface area contributed by atoms with E-state index in [1.807, 2.05) is 38.1 Å². The van der Waals surface area contributed by atoms with Crippen molar-refractivity contribution in [1.29, 1.82) is 0 Å². The van der Waals surface area contributed by atoms with E-state index in [2.05, 4.69) is 5.32 Å². The standard InChI is InChI=1S/C20H25ClN2O3S/c1-5-19(20(24)22-15(3)16-11-9-14(2)10-12-16)23(27(4,25)26)18-8-6-7-17(21)13-18/h6-13,15,19H,5H2,1-4H3,(H,22,24)/t15-,19-/m1/s1. The number of nitrogens with zero attached hydrogens (tertiary/aromatic N) is 1. The van der Waals surface area contributed by atoms with Crippen LogP contribution in [0, 0.1) is 6.92 Å². The van der Waals surface area contributed by atoms with E-state index in [-0.39, 0.29) is 11.9 Å². The van der Waals surface area contributed by atoms with Gasteiger partial charge in [0.1, 0.15) is 6.04 Å². The zero-order valence-corrected chi connectivity index (χ0v) is 17.5. The number of hydrogen-bond donors (Lipinski definition) is 1. The molecule has 0 aliphatic heterocycles. The van der Waals surface area contributed by atoms with Gasteiger partial charge < -0.3 is 5.32 Å². The van der Waals surface area contributed by atoms with Gasteiger partial charge in [-0.25, -0.2) is 8.42 Å². The largest absolute Gasteiger partial charge is 0.348 e. The van der Waals surface area contributed by atoms with E-state index in [4.69, 9.17) is 11.6 Å². The minimum atomic E-state index is -3.68. The summed E-state index contributed by atoms with van der Waals surface area (Å²) in [7, 11) is -3.68. The summed E-state index contributed by atoms with van der Waals surface area (Å²) in [5, 5.41) is 3.33. The number of sulfonamides is 1. The van der Waals surface area contributed by atoms with Gasteiger partial charge in [0.05, 0.1) is 18.0 Å². The molecule has 27 heavy (non-hydrogen) atoms. The Hall–Kier alpha value is -2.05. The van der Waals surface area contributed by atoms with Crippen LogP contribution in [0.4, 0.5) is 5.69 Å². The molecule has 0 fully saturated rings. The van der Waals surface area contributed by atoms with E-state index < -0.39 is 16.1 Å². The third-order valence-corrected chi connectivity index (χ3v) is 5.74. The van der Waals surface area contributed by atoms with Crippen LogP contribution in [0.5, 0.6) is 0 Å². The van der Waals surface area contributed by atoms with E-state index in [9.17, 15) is 13.2 Å². The van der Waals surface area contributed by atoms with Gasteiger partial charge in [0.2, 0.25) is 15.9 Å². The number of carbonyl (C=O) groups excluding carboxylic acids is 1. The van der Waals surface area contributed by atoms with Gasteiger partial charge in [-0.3, -0.25) is 9.10 Å². The van der Waals surface area contributed by atoms with Crippen LogP contribution >= 0.6 is 11.6 Å². The molecule has 2 atom stereocenters. The maximum absolute atomic E-state index is 12.9. The second-order valence-electron chi connectivity index (χ2n) is 6.60. The van der Waals surface area contributed by atoms with Crippen LogP contribution in [-0.4, -0.2) is 26.6 Å². The molecule has 7 heteroatoms. The maximum atomic E-state index is 12.9. The van der Waals surface area contributed by atoms with Gasteiger partial charge in [0, 0.05) is 5.02 Å². The Kier molecular flexibility index (Phi) is 6.89. The lowest BCUT2D eigenvalue weighted by atomic mass is 10.1. The van der Waals surface area contributed by atoms with Crippen LogP contribution in [0.25, 0.3) is 0 Å². The van der Waals surface area contributed by atoms with Crippen molar-refractivity contribution in [2.45, 2.75) is 39.3 Å². The summed E-state index contributed by atoms with van der Waals surface area (Å²) < 4.78 is 26.0. The predicted molar refractivity (Wildman–Crippen MR) is 111 cm³/mol. The summed E-state index contributed by atoms with van der Waals surface area (Å²) in [5.41, 5.74) is 2.46. The summed E-state index contributed by atoms with van der Waals surface area (Å²) >= 11 is 6.02. The molecule has 0 unspecified atom stereocenters. The Morgan fingerprint density at radius 3 is 2.33 bits per heavy atom. The number of nitrogens with one attached hydrogen (secondary N) is 1. The summed E-state index contributed by atoms with van der Waals surface area (Å²) in [4.78, 5) is 12.9. The van der Waals surface area contributed by atoms with Crippen molar-refractivity contribution in [3.05, 3.63) is 64.7 Å². The number of rotatable bonds is 7. The van der Waals surface area contributed by atoms with Crippen molar-refractivity contribution in [3.8, 4) is 0 Å². The number of benzene rings is 2. The molecule has 0 heterocycles. The zero-order chi connectivity index (χ0) is 20.2. The second-order valence-corrected chi connectivity index (χ2v) is 8.90. The predicted octanol–water partition coefficient (Wildman–Crippen LogP) is 4.07. The fourth-order valence-electron chi connectivity index (χ4n) is 2.92. The molecule has 1 amide bonds. The number of amides is 1. The first-order valence-corrected chi connectivity index (χ1v) is 11.0. The van der Waals surface area contributed by atoms with Crippen molar-refractivity contribution in [2.24, 2.45) is 0 Å². The third kappa shape index (κ3) is 5.47. The van der Waals surface area contributed by atoms with Gasteiger partial charge in [-0.2, -0.15) is 0 Å². The van der Waals surface area contributed by atoms with Crippen molar-refractivity contribution >= 4 is 33.2 Å². The molecule has 2 aromatic rings. The van der Waals surface area contributed by atoms with Gasteiger partial charge in [0.25, 0.3) is 0 Å². The van der Waals surface area contributed by atoms with Gasteiger partial charge in [-0.15, -0.1) is 0 Å². The lowest BCUT2D eigenvalue weighted by molar-refractivity contribution is -0.122. The molecule has 0 aliphatic carbocycles. The van der Waals surface area contributed by atoms with Gasteiger partial charge >= 0.3 is 0 Å². The van der Waals surface area contributed by atoms with Crippen molar-refractivity contribution in [3.63, 3.8) is 0 Å². The van der Waals surface area contributed by atoms with Gasteiger partial charge in [-0.05, 0) is 44.0 Å². The van der Waals surface area contributed by atoms with Gasteiger partial charge in [-0.1, -0.05) is 54.4 Å². The first-order chi connectivity index (χ1) is 12.6. The smallest absolute Gasteiger partial charge is 0.244 e. The lowest BCUT2D eigenvalue weighted by Gasteiger charge is -2.31. The molecule has 0 saturated heterocycles. The van der Waals surface area contributed by atoms with Gasteiger partial charge in [0.15, 0.2) is 0 Å². The Bertz CT molecular complexity index is 898. The average molecular weight is 409 g/mol. The normalized spacial score (nSPS) is 13.7. The van der Waals surface area contributed by atoms with Crippen molar-refractivity contribution in [2.75, 3.05) is 10.6 Å². The van der Waals surface area contributed by atoms with E-state index in [1.165, 1.54) is 0 Å². The monoisotopic (exact) mass is 408 g/mol. The molecule has 0 radical (unpaired) electrons. The van der Waals surface area contributed by atoms with Crippen LogP contribution in [-0.2, 0) is 14.8 Å². The van der Waals surface area contributed by atoms with Crippen LogP contribution < -0.4 is 9.62 Å². The zero-order valence-electron chi connectivity index (χ0n) is 15.9. The number of aryl methyl sites for hydroxylation is 1. The number of halogens is 1. The number of hydrogen-bond acceptors (Lipinski definition) is 3. The highest BCUT2D eigenvalue weighted by Crippen LogP contribution is 2.26. The molecular formula is C20H25ClN2O3S. The second kappa shape index (κ2) is 8.76. The summed E-state index contributed by atoms with van der Waals surface area (Å²) in [6, 6.07) is 13.2. The molecule has 0 aromatic heterocycles. The fraction of sp³-hybridized carbons (Fsp3) is 0.350. The van der Waals surface area contributed by atoms with Crippen LogP contribution in [0.2, 0.25) is 5.02 Å². The average Bonchev–Trinajstić information content (AvgIpc) is 2.58. The Morgan fingerprint density at radius 2 is 1.81 bits per heavy atom. The fourth-order valence-corrected chi connectivity index (χ4v) is 4.31. The Labute approximate surface area is 166 Å². The highest BCUT2D eigenvalue weighted by atomic mass is 35.5. The first kappa shape index (κ1) is 21.3. The molecule has 0 bridgehead atoms. The van der Waals surface area contributed by atoms with Crippen LogP contribution in [0.15, 0.2) is 48.5 Å². The van der Waals surface area contributed by atoms with E-state index >= 15 is 0 Å². The van der Waals surface area contributed by atoms with Crippen molar-refractivity contribution < 1.29 is 13.2 Å². The molecule has 0 saturated carbocycles. The molecule has 1 N–H and O–H groups in total. The molecule has 2 aromatic carbocycles. The molecule has 5 nitrogen and oxygen atoms in total. The first-order valence-electron chi connectivity index (χ1n) is 8.75. The Balaban J connectivity index is 2.30. The molecule has 0 spiro atoms. The summed E-state index contributed by atoms with van der Waals surface area (Å²) in [5.74, 6) is -0.351. The SMILES string of the molecule is CC[C@H](C(=O)N[C@H](C)c1ccc(C)cc1)N(c1cccc(Cl)c1)S(C)(=O)=O. The molecule has 0 aliphatic rings. The van der Waals surface area contributed by atoms with Crippen LogP contribution in [0.3, 0.4) is 0 Å². The minimum Gasteiger partial charge on any atom is -0.348 e. The Morgan fingerprint density at radius 1 is 1.19 bits per heavy atom. The number of carbonyl (C=O) groups is 1. The van der Waals surface area contributed by atoms with E-state index in [1.54, 1.807) is 31.2 Å². The van der Waals surface area contributed by atoms with Crippen molar-refractivity contribution in [1.82, 2.24) is 5.32 Å². The summed E-state index contributed by atoms with van der Waals surface area (Å²) in [6.45, 7) is 5.65. The molecule has 146 valence electrons. The number of anilines is 1. The third-order valence-electron chi connectivity index (χ3n) is 4.33. The highest BCUT2D eigenvalue weighted by Gasteiger charge is 2.32. The molecular weight excluding hydrogens is 384 g/mol. The maximum Gasteiger partial charge on any atom is 0.244 e. The quantitative estimate of drug-likeness (QED) is 0.750. The lowest BCUT2D eigenvalue weighted by Crippen LogP contribution is -2.49. The minimum absolute atomic E-state index is 0.243. The summed E-state index contributed by atoms with van der Waals surface area (Å²) in [6.07, 6.45) is 1.42.